The maximum absolute atomic E-state index is 6.17. The van der Waals surface area contributed by atoms with Gasteiger partial charge in [0.05, 0.1) is 15.4 Å². The maximum atomic E-state index is 6.17. The first-order chi connectivity index (χ1) is 9.04. The number of halogens is 2. The first-order valence-electron chi connectivity index (χ1n) is 5.53. The lowest BCUT2D eigenvalue weighted by atomic mass is 10.2. The van der Waals surface area contributed by atoms with Gasteiger partial charge in [-0.3, -0.25) is 0 Å². The Hall–Kier alpha value is -1.36. The van der Waals surface area contributed by atoms with Gasteiger partial charge in [0.1, 0.15) is 5.82 Å². The molecule has 3 nitrogen and oxygen atoms in total. The Labute approximate surface area is 124 Å². The number of nitrogens with two attached hydrogens (primary N) is 1. The quantitative estimate of drug-likeness (QED) is 0.717. The fourth-order valence-electron chi connectivity index (χ4n) is 1.84. The third-order valence-corrected chi connectivity index (χ3v) is 4.21. The molecular formula is C13H9Cl2N3S. The van der Waals surface area contributed by atoms with Gasteiger partial charge in [-0.25, -0.2) is 9.97 Å². The predicted molar refractivity (Wildman–Crippen MR) is 82.0 cm³/mol. The van der Waals surface area contributed by atoms with Crippen molar-refractivity contribution in [1.82, 2.24) is 9.97 Å². The summed E-state index contributed by atoms with van der Waals surface area (Å²) >= 11 is 13.8. The van der Waals surface area contributed by atoms with Crippen LogP contribution in [-0.2, 0) is 0 Å². The molecule has 2 heterocycles. The van der Waals surface area contributed by atoms with Gasteiger partial charge in [-0.1, -0.05) is 23.2 Å². The molecule has 0 aliphatic carbocycles. The zero-order chi connectivity index (χ0) is 13.6. The third-order valence-electron chi connectivity index (χ3n) is 2.71. The standard InChI is InChI=1S/C13H9Cl2N3S/c1-6-2-3-10(19-6)13-17-11-8(12(16)18-13)4-7(14)5-9(11)15/h2-5H,1H3,(H2,16,17,18). The van der Waals surface area contributed by atoms with Crippen molar-refractivity contribution in [2.24, 2.45) is 0 Å². The number of anilines is 1. The summed E-state index contributed by atoms with van der Waals surface area (Å²) in [6.45, 7) is 2.03. The molecule has 19 heavy (non-hydrogen) atoms. The molecule has 3 aromatic rings. The minimum absolute atomic E-state index is 0.385. The van der Waals surface area contributed by atoms with Gasteiger partial charge in [-0.05, 0) is 31.2 Å². The van der Waals surface area contributed by atoms with Gasteiger partial charge in [0.2, 0.25) is 0 Å². The molecule has 96 valence electrons. The second kappa shape index (κ2) is 4.63. The third kappa shape index (κ3) is 2.27. The van der Waals surface area contributed by atoms with E-state index >= 15 is 0 Å². The van der Waals surface area contributed by atoms with Crippen LogP contribution in [0.3, 0.4) is 0 Å². The summed E-state index contributed by atoms with van der Waals surface area (Å²) in [5.74, 6) is 0.975. The number of nitrogens with zero attached hydrogens (tertiary/aromatic N) is 2. The van der Waals surface area contributed by atoms with Crippen molar-refractivity contribution in [3.05, 3.63) is 39.2 Å². The van der Waals surface area contributed by atoms with Crippen LogP contribution in [0.5, 0.6) is 0 Å². The second-order valence-corrected chi connectivity index (χ2v) is 6.26. The first-order valence-corrected chi connectivity index (χ1v) is 7.11. The number of thiophene rings is 1. The fourth-order valence-corrected chi connectivity index (χ4v) is 3.18. The largest absolute Gasteiger partial charge is 0.383 e. The van der Waals surface area contributed by atoms with Gasteiger partial charge >= 0.3 is 0 Å². The predicted octanol–water partition coefficient (Wildman–Crippen LogP) is 4.56. The van der Waals surface area contributed by atoms with Gasteiger partial charge in [-0.15, -0.1) is 11.3 Å². The van der Waals surface area contributed by atoms with Crippen LogP contribution < -0.4 is 5.73 Å². The summed E-state index contributed by atoms with van der Waals surface area (Å²) in [6.07, 6.45) is 0. The van der Waals surface area contributed by atoms with Crippen molar-refractivity contribution in [1.29, 1.82) is 0 Å². The van der Waals surface area contributed by atoms with Crippen LogP contribution in [0.15, 0.2) is 24.3 Å². The average molecular weight is 310 g/mol. The first kappa shape index (κ1) is 12.7. The molecule has 0 saturated heterocycles. The van der Waals surface area contributed by atoms with Gasteiger partial charge in [-0.2, -0.15) is 0 Å². The molecule has 0 saturated carbocycles. The lowest BCUT2D eigenvalue weighted by Gasteiger charge is -2.06. The van der Waals surface area contributed by atoms with E-state index in [2.05, 4.69) is 9.97 Å². The van der Waals surface area contributed by atoms with E-state index in [0.29, 0.717) is 32.6 Å². The molecule has 0 spiro atoms. The molecule has 0 aliphatic heterocycles. The normalized spacial score (nSPS) is 11.1. The SMILES string of the molecule is Cc1ccc(-c2nc(N)c3cc(Cl)cc(Cl)c3n2)s1. The molecule has 1 aromatic carbocycles. The minimum Gasteiger partial charge on any atom is -0.383 e. The van der Waals surface area contributed by atoms with E-state index in [9.17, 15) is 0 Å². The van der Waals surface area contributed by atoms with Crippen LogP contribution in [0.1, 0.15) is 4.88 Å². The van der Waals surface area contributed by atoms with Gasteiger partial charge in [0.15, 0.2) is 5.82 Å². The molecule has 2 N–H and O–H groups in total. The van der Waals surface area contributed by atoms with E-state index in [0.717, 1.165) is 4.88 Å². The molecule has 0 bridgehead atoms. The number of hydrogen-bond acceptors (Lipinski definition) is 4. The minimum atomic E-state index is 0.385. The number of hydrogen-bond donors (Lipinski definition) is 1. The zero-order valence-electron chi connectivity index (χ0n) is 9.95. The Morgan fingerprint density at radius 3 is 2.63 bits per heavy atom. The van der Waals surface area contributed by atoms with Crippen LogP contribution in [0.2, 0.25) is 10.0 Å². The summed E-state index contributed by atoms with van der Waals surface area (Å²) in [6, 6.07) is 7.38. The molecule has 0 atom stereocenters. The molecule has 6 heteroatoms. The lowest BCUT2D eigenvalue weighted by molar-refractivity contribution is 1.25. The van der Waals surface area contributed by atoms with Crippen molar-refractivity contribution in [3.63, 3.8) is 0 Å². The van der Waals surface area contributed by atoms with Crippen LogP contribution >= 0.6 is 34.5 Å². The van der Waals surface area contributed by atoms with Crippen LogP contribution in [0.25, 0.3) is 21.6 Å². The summed E-state index contributed by atoms with van der Waals surface area (Å²) in [4.78, 5) is 11.0. The van der Waals surface area contributed by atoms with E-state index < -0.39 is 0 Å². The van der Waals surface area contributed by atoms with Crippen molar-refractivity contribution < 1.29 is 0 Å². The number of aromatic nitrogens is 2. The van der Waals surface area contributed by atoms with E-state index in [1.807, 2.05) is 19.1 Å². The van der Waals surface area contributed by atoms with Gasteiger partial charge in [0.25, 0.3) is 0 Å². The van der Waals surface area contributed by atoms with Crippen LogP contribution in [0, 0.1) is 6.92 Å². The highest BCUT2D eigenvalue weighted by atomic mass is 35.5. The number of rotatable bonds is 1. The lowest BCUT2D eigenvalue weighted by Crippen LogP contribution is -1.97. The van der Waals surface area contributed by atoms with E-state index in [-0.39, 0.29) is 0 Å². The molecule has 2 aromatic heterocycles. The maximum Gasteiger partial charge on any atom is 0.172 e. The number of nitrogen functional groups attached to an aromatic ring is 1. The Morgan fingerprint density at radius 1 is 1.16 bits per heavy atom. The van der Waals surface area contributed by atoms with Crippen molar-refractivity contribution in [2.75, 3.05) is 5.73 Å². The van der Waals surface area contributed by atoms with Crippen LogP contribution in [-0.4, -0.2) is 9.97 Å². The molecule has 0 radical (unpaired) electrons. The fraction of sp³-hybridized carbons (Fsp3) is 0.0769. The van der Waals surface area contributed by atoms with E-state index in [4.69, 9.17) is 28.9 Å². The summed E-state index contributed by atoms with van der Waals surface area (Å²) in [5.41, 5.74) is 6.60. The average Bonchev–Trinajstić information content (AvgIpc) is 2.77. The van der Waals surface area contributed by atoms with Crippen molar-refractivity contribution in [2.45, 2.75) is 6.92 Å². The Morgan fingerprint density at radius 2 is 1.95 bits per heavy atom. The monoisotopic (exact) mass is 309 g/mol. The Bertz CT molecular complexity index is 783. The highest BCUT2D eigenvalue weighted by molar-refractivity contribution is 7.15. The van der Waals surface area contributed by atoms with Crippen molar-refractivity contribution in [3.8, 4) is 10.7 Å². The molecule has 3 rings (SSSR count). The van der Waals surface area contributed by atoms with Crippen molar-refractivity contribution >= 4 is 51.3 Å². The summed E-state index contributed by atoms with van der Waals surface area (Å²) < 4.78 is 0. The Balaban J connectivity index is 2.30. The number of fused-ring (bicyclic) bond motifs is 1. The van der Waals surface area contributed by atoms with Gasteiger partial charge < -0.3 is 5.73 Å². The molecule has 0 unspecified atom stereocenters. The molecular weight excluding hydrogens is 301 g/mol. The topological polar surface area (TPSA) is 51.8 Å². The molecule has 0 amide bonds. The second-order valence-electron chi connectivity index (χ2n) is 4.13. The number of aryl methyl sites for hydroxylation is 1. The van der Waals surface area contributed by atoms with E-state index in [1.165, 1.54) is 4.88 Å². The smallest absolute Gasteiger partial charge is 0.172 e. The molecule has 0 fully saturated rings. The number of benzene rings is 1. The van der Waals surface area contributed by atoms with Gasteiger partial charge in [0, 0.05) is 15.3 Å². The molecule has 0 aliphatic rings. The zero-order valence-corrected chi connectivity index (χ0v) is 12.3. The van der Waals surface area contributed by atoms with E-state index in [1.54, 1.807) is 23.5 Å². The van der Waals surface area contributed by atoms with Crippen LogP contribution in [0.4, 0.5) is 5.82 Å². The Kier molecular flexibility index (Phi) is 3.09. The summed E-state index contributed by atoms with van der Waals surface area (Å²) in [5, 5.41) is 1.67. The highest BCUT2D eigenvalue weighted by Crippen LogP contribution is 2.32. The highest BCUT2D eigenvalue weighted by Gasteiger charge is 2.12. The summed E-state index contributed by atoms with van der Waals surface area (Å²) in [7, 11) is 0.